The quantitative estimate of drug-likeness (QED) is 0.683. The molecule has 0 amide bonds. The molecule has 2 aromatic carbocycles. The van der Waals surface area contributed by atoms with Crippen molar-refractivity contribution in [3.05, 3.63) is 59.0 Å². The Labute approximate surface area is 150 Å². The van der Waals surface area contributed by atoms with Crippen LogP contribution in [0.3, 0.4) is 0 Å². The number of carbonyl (C=O) groups excluding carboxylic acids is 1. The van der Waals surface area contributed by atoms with Gasteiger partial charge in [-0.05, 0) is 30.2 Å². The van der Waals surface area contributed by atoms with E-state index >= 15 is 0 Å². The van der Waals surface area contributed by atoms with Gasteiger partial charge in [0.2, 0.25) is 0 Å². The third-order valence-electron chi connectivity index (χ3n) is 3.78. The average molecular weight is 375 g/mol. The van der Waals surface area contributed by atoms with Gasteiger partial charge in [-0.2, -0.15) is 0 Å². The summed E-state index contributed by atoms with van der Waals surface area (Å²) in [6.45, 7) is 2.00. The number of carbonyl (C=O) groups is 1. The molecule has 0 aliphatic carbocycles. The highest BCUT2D eigenvalue weighted by molar-refractivity contribution is 7.93. The van der Waals surface area contributed by atoms with E-state index in [1.165, 1.54) is 7.11 Å². The summed E-state index contributed by atoms with van der Waals surface area (Å²) in [7, 11) is -2.71. The molecule has 25 heavy (non-hydrogen) atoms. The number of aryl methyl sites for hydroxylation is 1. The molecule has 0 aliphatic rings. The second-order valence-corrected chi connectivity index (χ2v) is 8.08. The highest BCUT2D eigenvalue weighted by atomic mass is 32.2. The van der Waals surface area contributed by atoms with Gasteiger partial charge in [0.1, 0.15) is 9.77 Å². The van der Waals surface area contributed by atoms with Gasteiger partial charge in [0.25, 0.3) is 10.0 Å². The van der Waals surface area contributed by atoms with Crippen LogP contribution in [-0.2, 0) is 21.2 Å². The molecular formula is C18H17NO4S2. The van der Waals surface area contributed by atoms with Crippen LogP contribution in [0.2, 0.25) is 0 Å². The smallest absolute Gasteiger partial charge is 0.349 e. The van der Waals surface area contributed by atoms with E-state index < -0.39 is 16.0 Å². The lowest BCUT2D eigenvalue weighted by Crippen LogP contribution is -2.16. The van der Waals surface area contributed by atoms with Crippen LogP contribution < -0.4 is 4.72 Å². The second-order valence-electron chi connectivity index (χ2n) is 5.41. The van der Waals surface area contributed by atoms with Crippen molar-refractivity contribution in [2.24, 2.45) is 0 Å². The van der Waals surface area contributed by atoms with Crippen molar-refractivity contribution < 1.29 is 17.9 Å². The number of nitrogens with one attached hydrogen (secondary N) is 1. The first-order chi connectivity index (χ1) is 12.0. The molecule has 0 atom stereocenters. The number of ether oxygens (including phenoxy) is 1. The number of hydrogen-bond acceptors (Lipinski definition) is 5. The van der Waals surface area contributed by atoms with Crippen LogP contribution >= 0.6 is 11.3 Å². The molecule has 1 N–H and O–H groups in total. The summed E-state index contributed by atoms with van der Waals surface area (Å²) in [4.78, 5) is 12.1. The van der Waals surface area contributed by atoms with E-state index in [1.807, 2.05) is 13.0 Å². The normalized spacial score (nSPS) is 11.4. The number of thiophene rings is 1. The monoisotopic (exact) mass is 375 g/mol. The third-order valence-corrected chi connectivity index (χ3v) is 6.52. The standard InChI is InChI=1S/C18H17NO4S2/c1-3-12-7-6-8-13(11-12)19-25(21,22)17-14-9-4-5-10-15(14)24-16(17)18(20)23-2/h4-11,19H,3H2,1-2H3. The molecule has 7 heteroatoms. The molecule has 0 unspecified atom stereocenters. The van der Waals surface area contributed by atoms with E-state index in [4.69, 9.17) is 4.74 Å². The number of methoxy groups -OCH3 is 1. The molecule has 0 aliphatic heterocycles. The second kappa shape index (κ2) is 6.85. The molecule has 3 aromatic rings. The van der Waals surface area contributed by atoms with Crippen molar-refractivity contribution in [1.82, 2.24) is 0 Å². The Morgan fingerprint density at radius 2 is 1.92 bits per heavy atom. The summed E-state index contributed by atoms with van der Waals surface area (Å²) >= 11 is 1.11. The van der Waals surface area contributed by atoms with E-state index in [0.717, 1.165) is 23.3 Å². The molecule has 0 spiro atoms. The minimum absolute atomic E-state index is 0.0400. The van der Waals surface area contributed by atoms with Crippen LogP contribution in [0.25, 0.3) is 10.1 Å². The Balaban J connectivity index is 2.14. The molecular weight excluding hydrogens is 358 g/mol. The van der Waals surface area contributed by atoms with Gasteiger partial charge in [-0.1, -0.05) is 37.3 Å². The van der Waals surface area contributed by atoms with E-state index in [1.54, 1.807) is 42.5 Å². The first-order valence-corrected chi connectivity index (χ1v) is 9.98. The van der Waals surface area contributed by atoms with Crippen molar-refractivity contribution >= 4 is 43.1 Å². The molecule has 0 saturated carbocycles. The number of rotatable bonds is 5. The van der Waals surface area contributed by atoms with Crippen molar-refractivity contribution in [3.63, 3.8) is 0 Å². The number of fused-ring (bicyclic) bond motifs is 1. The maximum absolute atomic E-state index is 13.0. The zero-order chi connectivity index (χ0) is 18.0. The minimum Gasteiger partial charge on any atom is -0.465 e. The number of sulfonamides is 1. The zero-order valence-electron chi connectivity index (χ0n) is 13.8. The largest absolute Gasteiger partial charge is 0.465 e. The van der Waals surface area contributed by atoms with E-state index in [2.05, 4.69) is 4.72 Å². The Kier molecular flexibility index (Phi) is 4.78. The lowest BCUT2D eigenvalue weighted by molar-refractivity contribution is 0.0602. The Morgan fingerprint density at radius 3 is 2.64 bits per heavy atom. The fourth-order valence-corrected chi connectivity index (χ4v) is 5.45. The lowest BCUT2D eigenvalue weighted by Gasteiger charge is -2.10. The molecule has 5 nitrogen and oxygen atoms in total. The Morgan fingerprint density at radius 1 is 1.16 bits per heavy atom. The van der Waals surface area contributed by atoms with Crippen molar-refractivity contribution in [3.8, 4) is 0 Å². The number of anilines is 1. The van der Waals surface area contributed by atoms with Gasteiger partial charge in [-0.15, -0.1) is 11.3 Å². The van der Waals surface area contributed by atoms with Crippen molar-refractivity contribution in [1.29, 1.82) is 0 Å². The Hall–Kier alpha value is -2.38. The zero-order valence-corrected chi connectivity index (χ0v) is 15.4. The number of benzene rings is 2. The van der Waals surface area contributed by atoms with Gasteiger partial charge in [0, 0.05) is 15.8 Å². The highest BCUT2D eigenvalue weighted by Crippen LogP contribution is 2.36. The van der Waals surface area contributed by atoms with Gasteiger partial charge >= 0.3 is 5.97 Å². The van der Waals surface area contributed by atoms with Gasteiger partial charge < -0.3 is 4.74 Å². The van der Waals surface area contributed by atoms with E-state index in [0.29, 0.717) is 15.8 Å². The first kappa shape index (κ1) is 17.4. The van der Waals surface area contributed by atoms with Gasteiger partial charge in [0.05, 0.1) is 7.11 Å². The molecule has 0 fully saturated rings. The van der Waals surface area contributed by atoms with Gasteiger partial charge in [-0.3, -0.25) is 4.72 Å². The average Bonchev–Trinajstić information content (AvgIpc) is 3.01. The maximum Gasteiger partial charge on any atom is 0.349 e. The summed E-state index contributed by atoms with van der Waals surface area (Å²) in [6.07, 6.45) is 0.796. The summed E-state index contributed by atoms with van der Waals surface area (Å²) in [5.41, 5.74) is 1.48. The molecule has 130 valence electrons. The predicted molar refractivity (Wildman–Crippen MR) is 99.8 cm³/mol. The van der Waals surface area contributed by atoms with E-state index in [-0.39, 0.29) is 9.77 Å². The molecule has 1 aromatic heterocycles. The summed E-state index contributed by atoms with van der Waals surface area (Å²) in [5, 5.41) is 0.507. The minimum atomic E-state index is -3.95. The molecule has 0 radical (unpaired) electrons. The summed E-state index contributed by atoms with van der Waals surface area (Å²) in [5.74, 6) is -0.663. The number of hydrogen-bond donors (Lipinski definition) is 1. The third kappa shape index (κ3) is 3.38. The van der Waals surface area contributed by atoms with Gasteiger partial charge in [-0.25, -0.2) is 13.2 Å². The molecule has 3 rings (SSSR count). The number of esters is 1. The fourth-order valence-electron chi connectivity index (χ4n) is 2.58. The van der Waals surface area contributed by atoms with Crippen LogP contribution in [0.5, 0.6) is 0 Å². The van der Waals surface area contributed by atoms with E-state index in [9.17, 15) is 13.2 Å². The summed E-state index contributed by atoms with van der Waals surface area (Å²) < 4.78 is 34.1. The fraction of sp³-hybridized carbons (Fsp3) is 0.167. The maximum atomic E-state index is 13.0. The van der Waals surface area contributed by atoms with Crippen LogP contribution in [0, 0.1) is 0 Å². The van der Waals surface area contributed by atoms with Crippen LogP contribution in [0.15, 0.2) is 53.4 Å². The topological polar surface area (TPSA) is 72.5 Å². The SMILES string of the molecule is CCc1cccc(NS(=O)(=O)c2c(C(=O)OC)sc3ccccc23)c1. The van der Waals surface area contributed by atoms with Crippen LogP contribution in [-0.4, -0.2) is 21.5 Å². The molecule has 0 bridgehead atoms. The van der Waals surface area contributed by atoms with Crippen molar-refractivity contribution in [2.75, 3.05) is 11.8 Å². The van der Waals surface area contributed by atoms with Gasteiger partial charge in [0.15, 0.2) is 0 Å². The van der Waals surface area contributed by atoms with Crippen LogP contribution in [0.4, 0.5) is 5.69 Å². The molecule has 1 heterocycles. The van der Waals surface area contributed by atoms with Crippen LogP contribution in [0.1, 0.15) is 22.2 Å². The first-order valence-electron chi connectivity index (χ1n) is 7.68. The Bertz CT molecular complexity index is 1040. The van der Waals surface area contributed by atoms with Crippen molar-refractivity contribution in [2.45, 2.75) is 18.2 Å². The predicted octanol–water partition coefficient (Wildman–Crippen LogP) is 4.05. The molecule has 0 saturated heterocycles. The lowest BCUT2D eigenvalue weighted by atomic mass is 10.1. The summed E-state index contributed by atoms with van der Waals surface area (Å²) in [6, 6.07) is 14.2. The highest BCUT2D eigenvalue weighted by Gasteiger charge is 2.29.